The Bertz CT molecular complexity index is 926. The van der Waals surface area contributed by atoms with Gasteiger partial charge < -0.3 is 9.84 Å². The van der Waals surface area contributed by atoms with Crippen LogP contribution in [-0.4, -0.2) is 17.7 Å². The molecule has 0 aliphatic rings. The zero-order valence-corrected chi connectivity index (χ0v) is 22.2. The molecule has 0 saturated carbocycles. The molecule has 0 spiro atoms. The van der Waals surface area contributed by atoms with E-state index in [1.54, 1.807) is 12.1 Å². The van der Waals surface area contributed by atoms with Gasteiger partial charge in [-0.05, 0) is 43.0 Å². The second kappa shape index (κ2) is 17.1. The molecule has 0 aromatic heterocycles. The quantitative estimate of drug-likeness (QED) is 0.194. The summed E-state index contributed by atoms with van der Waals surface area (Å²) in [4.78, 5) is 11.8. The molecule has 5 heteroatoms. The third kappa shape index (κ3) is 9.91. The van der Waals surface area contributed by atoms with Crippen LogP contribution in [-0.2, 0) is 6.42 Å². The van der Waals surface area contributed by atoms with Gasteiger partial charge in [0.05, 0.1) is 12.2 Å². The van der Waals surface area contributed by atoms with Crippen molar-refractivity contribution in [3.05, 3.63) is 53.1 Å². The Kier molecular flexibility index (Phi) is 14.2. The van der Waals surface area contributed by atoms with Crippen LogP contribution in [0.15, 0.2) is 30.3 Å². The maximum Gasteiger partial charge on any atom is 0.336 e. The van der Waals surface area contributed by atoms with Gasteiger partial charge in [-0.25, -0.2) is 13.6 Å². The number of hydrogen-bond acceptors (Lipinski definition) is 2. The van der Waals surface area contributed by atoms with Crippen molar-refractivity contribution in [2.45, 2.75) is 110 Å². The zero-order valence-electron chi connectivity index (χ0n) is 22.2. The van der Waals surface area contributed by atoms with Gasteiger partial charge in [0.25, 0.3) is 0 Å². The van der Waals surface area contributed by atoms with E-state index < -0.39 is 17.6 Å². The van der Waals surface area contributed by atoms with Crippen LogP contribution in [0.25, 0.3) is 11.1 Å². The average Bonchev–Trinajstić information content (AvgIpc) is 2.87. The third-order valence-corrected chi connectivity index (χ3v) is 6.74. The molecule has 0 atom stereocenters. The third-order valence-electron chi connectivity index (χ3n) is 6.74. The van der Waals surface area contributed by atoms with Crippen LogP contribution in [0.4, 0.5) is 8.78 Å². The molecule has 0 heterocycles. The van der Waals surface area contributed by atoms with E-state index in [2.05, 4.69) is 13.8 Å². The van der Waals surface area contributed by atoms with Crippen molar-refractivity contribution in [1.82, 2.24) is 0 Å². The number of carboxylic acid groups (broad SMARTS) is 1. The molecule has 2 aromatic rings. The van der Waals surface area contributed by atoms with Gasteiger partial charge in [-0.15, -0.1) is 0 Å². The molecule has 0 aliphatic carbocycles. The smallest absolute Gasteiger partial charge is 0.336 e. The van der Waals surface area contributed by atoms with Gasteiger partial charge >= 0.3 is 5.97 Å². The van der Waals surface area contributed by atoms with Crippen molar-refractivity contribution in [1.29, 1.82) is 0 Å². The van der Waals surface area contributed by atoms with Crippen molar-refractivity contribution in [3.63, 3.8) is 0 Å². The van der Waals surface area contributed by atoms with Gasteiger partial charge in [0, 0.05) is 11.1 Å². The van der Waals surface area contributed by atoms with Crippen molar-refractivity contribution < 1.29 is 23.4 Å². The molecule has 3 nitrogen and oxygen atoms in total. The first kappa shape index (κ1) is 29.8. The Morgan fingerprint density at radius 3 is 1.92 bits per heavy atom. The zero-order chi connectivity index (χ0) is 26.2. The molecule has 36 heavy (non-hydrogen) atoms. The maximum atomic E-state index is 15.1. The normalized spacial score (nSPS) is 11.1. The van der Waals surface area contributed by atoms with E-state index in [1.807, 2.05) is 0 Å². The van der Waals surface area contributed by atoms with Crippen LogP contribution in [0, 0.1) is 11.6 Å². The SMILES string of the molecule is CCCCCCCCCCc1ccc(-c2cc(OCCCCCCCC)ccc2C(=O)O)c(F)c1F. The standard InChI is InChI=1S/C31H44F2O3/c1-3-5-7-9-11-12-13-15-17-24-18-20-26(30(33)29(24)32)28-23-25(19-21-27(28)31(34)35)36-22-16-14-10-8-6-4-2/h18-21,23H,3-17,22H2,1-2H3,(H,34,35). The lowest BCUT2D eigenvalue weighted by molar-refractivity contribution is 0.0697. The number of aromatic carboxylic acids is 1. The lowest BCUT2D eigenvalue weighted by Crippen LogP contribution is -2.04. The van der Waals surface area contributed by atoms with Crippen LogP contribution in [0.5, 0.6) is 5.75 Å². The summed E-state index contributed by atoms with van der Waals surface area (Å²) < 4.78 is 35.8. The fraction of sp³-hybridized carbons (Fsp3) is 0.581. The predicted octanol–water partition coefficient (Wildman–Crippen LogP) is 9.75. The number of hydrogen-bond donors (Lipinski definition) is 1. The predicted molar refractivity (Wildman–Crippen MR) is 144 cm³/mol. The molecule has 0 fully saturated rings. The molecule has 200 valence electrons. The lowest BCUT2D eigenvalue weighted by atomic mass is 9.96. The van der Waals surface area contributed by atoms with Crippen molar-refractivity contribution in [2.24, 2.45) is 0 Å². The number of benzene rings is 2. The fourth-order valence-electron chi connectivity index (χ4n) is 4.53. The Labute approximate surface area is 216 Å². The Morgan fingerprint density at radius 2 is 1.31 bits per heavy atom. The van der Waals surface area contributed by atoms with Crippen molar-refractivity contribution >= 4 is 5.97 Å². The number of unbranched alkanes of at least 4 members (excludes halogenated alkanes) is 12. The van der Waals surface area contributed by atoms with E-state index in [-0.39, 0.29) is 16.7 Å². The monoisotopic (exact) mass is 502 g/mol. The van der Waals surface area contributed by atoms with Gasteiger partial charge in [0.2, 0.25) is 0 Å². The molecular formula is C31H44F2O3. The minimum absolute atomic E-state index is 0.0467. The highest BCUT2D eigenvalue weighted by Crippen LogP contribution is 2.33. The first-order valence-electron chi connectivity index (χ1n) is 14.0. The van der Waals surface area contributed by atoms with Crippen LogP contribution in [0.1, 0.15) is 120 Å². The van der Waals surface area contributed by atoms with E-state index >= 15 is 4.39 Å². The van der Waals surface area contributed by atoms with Crippen molar-refractivity contribution in [2.75, 3.05) is 6.61 Å². The van der Waals surface area contributed by atoms with Crippen LogP contribution < -0.4 is 4.74 Å². The lowest BCUT2D eigenvalue weighted by Gasteiger charge is -2.13. The number of halogens is 2. The van der Waals surface area contributed by atoms with E-state index in [4.69, 9.17) is 4.74 Å². The minimum atomic E-state index is -1.18. The highest BCUT2D eigenvalue weighted by molar-refractivity contribution is 5.96. The summed E-state index contributed by atoms with van der Waals surface area (Å²) in [5.41, 5.74) is 0.359. The average molecular weight is 503 g/mol. The van der Waals surface area contributed by atoms with Crippen LogP contribution in [0.3, 0.4) is 0 Å². The highest BCUT2D eigenvalue weighted by Gasteiger charge is 2.20. The summed E-state index contributed by atoms with van der Waals surface area (Å²) in [6.07, 6.45) is 16.4. The van der Waals surface area contributed by atoms with Gasteiger partial charge in [-0.1, -0.05) is 103 Å². The summed E-state index contributed by atoms with van der Waals surface area (Å²) in [5.74, 6) is -2.60. The molecule has 2 rings (SSSR count). The van der Waals surface area contributed by atoms with Gasteiger partial charge in [-0.2, -0.15) is 0 Å². The number of rotatable bonds is 19. The molecule has 0 radical (unpaired) electrons. The summed E-state index contributed by atoms with van der Waals surface area (Å²) in [5, 5.41) is 9.63. The number of aryl methyl sites for hydroxylation is 1. The van der Waals surface area contributed by atoms with E-state index in [0.717, 1.165) is 38.5 Å². The summed E-state index contributed by atoms with van der Waals surface area (Å²) in [7, 11) is 0. The fourth-order valence-corrected chi connectivity index (χ4v) is 4.53. The molecular weight excluding hydrogens is 458 g/mol. The maximum absolute atomic E-state index is 15.1. The summed E-state index contributed by atoms with van der Waals surface area (Å²) in [6, 6.07) is 7.58. The molecule has 0 amide bonds. The largest absolute Gasteiger partial charge is 0.494 e. The highest BCUT2D eigenvalue weighted by atomic mass is 19.2. The molecule has 0 unspecified atom stereocenters. The second-order valence-electron chi connectivity index (χ2n) is 9.75. The first-order chi connectivity index (χ1) is 17.5. The molecule has 1 N–H and O–H groups in total. The van der Waals surface area contributed by atoms with Gasteiger partial charge in [0.1, 0.15) is 5.75 Å². The number of carboxylic acids is 1. The minimum Gasteiger partial charge on any atom is -0.494 e. The van der Waals surface area contributed by atoms with Crippen LogP contribution >= 0.6 is 0 Å². The Hall–Kier alpha value is -2.43. The molecule has 2 aromatic carbocycles. The van der Waals surface area contributed by atoms with Crippen LogP contribution in [0.2, 0.25) is 0 Å². The second-order valence-corrected chi connectivity index (χ2v) is 9.75. The van der Waals surface area contributed by atoms with Crippen molar-refractivity contribution in [3.8, 4) is 16.9 Å². The molecule has 0 bridgehead atoms. The van der Waals surface area contributed by atoms with Gasteiger partial charge in [-0.3, -0.25) is 0 Å². The van der Waals surface area contributed by atoms with E-state index in [1.165, 1.54) is 69.6 Å². The van der Waals surface area contributed by atoms with Gasteiger partial charge in [0.15, 0.2) is 11.6 Å². The molecule has 0 saturated heterocycles. The topological polar surface area (TPSA) is 46.5 Å². The number of carbonyl (C=O) groups is 1. The summed E-state index contributed by atoms with van der Waals surface area (Å²) >= 11 is 0. The summed E-state index contributed by atoms with van der Waals surface area (Å²) in [6.45, 7) is 4.89. The Morgan fingerprint density at radius 1 is 0.722 bits per heavy atom. The first-order valence-corrected chi connectivity index (χ1v) is 14.0. The van der Waals surface area contributed by atoms with E-state index in [0.29, 0.717) is 24.3 Å². The molecule has 0 aliphatic heterocycles. The van der Waals surface area contributed by atoms with E-state index in [9.17, 15) is 14.3 Å². The number of ether oxygens (including phenoxy) is 1. The Balaban J connectivity index is 2.01.